The van der Waals surface area contributed by atoms with Gasteiger partial charge in [-0.2, -0.15) is 0 Å². The quantitative estimate of drug-likeness (QED) is 0.925. The van der Waals surface area contributed by atoms with Crippen molar-refractivity contribution in [3.8, 4) is 0 Å². The van der Waals surface area contributed by atoms with E-state index in [1.807, 2.05) is 33.9 Å². The summed E-state index contributed by atoms with van der Waals surface area (Å²) < 4.78 is 1.95. The average molecular weight is 301 g/mol. The van der Waals surface area contributed by atoms with Crippen molar-refractivity contribution in [2.45, 2.75) is 24.8 Å². The third-order valence-corrected chi connectivity index (χ3v) is 4.66. The number of carbonyl (C=O) groups is 1. The third-order valence-electron chi connectivity index (χ3n) is 3.62. The zero-order valence-electron chi connectivity index (χ0n) is 12.2. The van der Waals surface area contributed by atoms with Crippen molar-refractivity contribution in [3.63, 3.8) is 0 Å². The van der Waals surface area contributed by atoms with Crippen LogP contribution in [0.4, 0.5) is 11.4 Å². The predicted octanol–water partition coefficient (Wildman–Crippen LogP) is 3.40. The van der Waals surface area contributed by atoms with E-state index in [0.29, 0.717) is 11.4 Å². The predicted molar refractivity (Wildman–Crippen MR) is 88.1 cm³/mol. The molecule has 0 atom stereocenters. The van der Waals surface area contributed by atoms with E-state index in [9.17, 15) is 4.79 Å². The Morgan fingerprint density at radius 3 is 2.86 bits per heavy atom. The molecule has 0 fully saturated rings. The Morgan fingerprint density at radius 2 is 2.10 bits per heavy atom. The second kappa shape index (κ2) is 5.48. The molecule has 1 aromatic heterocycles. The van der Waals surface area contributed by atoms with Gasteiger partial charge in [-0.05, 0) is 32.0 Å². The highest BCUT2D eigenvalue weighted by Crippen LogP contribution is 2.35. The van der Waals surface area contributed by atoms with Crippen molar-refractivity contribution in [1.82, 2.24) is 4.57 Å². The number of nitrogens with zero attached hydrogens (tertiary/aromatic N) is 2. The van der Waals surface area contributed by atoms with E-state index >= 15 is 0 Å². The smallest absolute Gasteiger partial charge is 0.275 e. The van der Waals surface area contributed by atoms with E-state index < -0.39 is 0 Å². The molecule has 0 aliphatic carbocycles. The molecule has 21 heavy (non-hydrogen) atoms. The van der Waals surface area contributed by atoms with Crippen molar-refractivity contribution in [3.05, 3.63) is 42.2 Å². The molecule has 1 aliphatic rings. The van der Waals surface area contributed by atoms with Crippen molar-refractivity contribution >= 4 is 29.0 Å². The molecule has 2 aromatic rings. The fourth-order valence-corrected chi connectivity index (χ4v) is 3.61. The van der Waals surface area contributed by atoms with Crippen molar-refractivity contribution < 1.29 is 4.79 Å². The highest BCUT2D eigenvalue weighted by atomic mass is 32.2. The average Bonchev–Trinajstić information content (AvgIpc) is 2.88. The largest absolute Gasteiger partial charge is 0.397 e. The Labute approximate surface area is 128 Å². The number of benzene rings is 1. The first-order valence-electron chi connectivity index (χ1n) is 7.09. The molecule has 0 bridgehead atoms. The summed E-state index contributed by atoms with van der Waals surface area (Å²) in [6.07, 6.45) is 1.84. The summed E-state index contributed by atoms with van der Waals surface area (Å²) in [7, 11) is 0. The first-order chi connectivity index (χ1) is 10.1. The van der Waals surface area contributed by atoms with E-state index in [2.05, 4.69) is 19.9 Å². The van der Waals surface area contributed by atoms with Crippen LogP contribution < -0.4 is 10.6 Å². The number of fused-ring (bicyclic) bond motifs is 1. The molecule has 2 heterocycles. The number of anilines is 2. The molecule has 0 unspecified atom stereocenters. The number of thioether (sulfide) groups is 1. The molecule has 0 saturated carbocycles. The molecular formula is C16H19N3OS. The minimum atomic E-state index is 0.0214. The lowest BCUT2D eigenvalue weighted by Crippen LogP contribution is -2.36. The minimum Gasteiger partial charge on any atom is -0.397 e. The summed E-state index contributed by atoms with van der Waals surface area (Å²) in [4.78, 5) is 16.0. The zero-order chi connectivity index (χ0) is 15.0. The molecule has 4 nitrogen and oxygen atoms in total. The first-order valence-corrected chi connectivity index (χ1v) is 8.07. The summed E-state index contributed by atoms with van der Waals surface area (Å²) in [6, 6.07) is 10.0. The van der Waals surface area contributed by atoms with Crippen molar-refractivity contribution in [2.75, 3.05) is 22.9 Å². The van der Waals surface area contributed by atoms with Crippen LogP contribution in [0.3, 0.4) is 0 Å². The van der Waals surface area contributed by atoms with Crippen molar-refractivity contribution in [2.24, 2.45) is 0 Å². The van der Waals surface area contributed by atoms with E-state index in [4.69, 9.17) is 5.73 Å². The molecule has 110 valence electrons. The SMILES string of the molecule is CC(C)n1cc(N)cc1C(=O)N1CCSc2ccccc21. The molecule has 1 amide bonds. The van der Waals surface area contributed by atoms with Gasteiger partial charge in [-0.25, -0.2) is 0 Å². The highest BCUT2D eigenvalue weighted by Gasteiger charge is 2.26. The molecule has 2 N–H and O–H groups in total. The summed E-state index contributed by atoms with van der Waals surface area (Å²) in [5, 5.41) is 0. The number of nitrogens with two attached hydrogens (primary N) is 1. The summed E-state index contributed by atoms with van der Waals surface area (Å²) in [6.45, 7) is 4.83. The Hall–Kier alpha value is -1.88. The summed E-state index contributed by atoms with van der Waals surface area (Å²) >= 11 is 1.80. The Balaban J connectivity index is 2.01. The van der Waals surface area contributed by atoms with Crippen LogP contribution in [0.25, 0.3) is 0 Å². The second-order valence-corrected chi connectivity index (χ2v) is 6.57. The molecule has 0 radical (unpaired) electrons. The van der Waals surface area contributed by atoms with Gasteiger partial charge < -0.3 is 15.2 Å². The highest BCUT2D eigenvalue weighted by molar-refractivity contribution is 7.99. The van der Waals surface area contributed by atoms with Crippen LogP contribution in [-0.4, -0.2) is 22.8 Å². The number of amides is 1. The third kappa shape index (κ3) is 2.53. The van der Waals surface area contributed by atoms with Gasteiger partial charge in [0.15, 0.2) is 0 Å². The normalized spacial score (nSPS) is 14.3. The number of hydrogen-bond acceptors (Lipinski definition) is 3. The number of hydrogen-bond donors (Lipinski definition) is 1. The van der Waals surface area contributed by atoms with Gasteiger partial charge >= 0.3 is 0 Å². The second-order valence-electron chi connectivity index (χ2n) is 5.43. The molecule has 3 rings (SSSR count). The zero-order valence-corrected chi connectivity index (χ0v) is 13.1. The first kappa shape index (κ1) is 14.1. The van der Waals surface area contributed by atoms with Crippen LogP contribution in [0.2, 0.25) is 0 Å². The molecular weight excluding hydrogens is 282 g/mol. The lowest BCUT2D eigenvalue weighted by Gasteiger charge is -2.29. The fourth-order valence-electron chi connectivity index (χ4n) is 2.62. The summed E-state index contributed by atoms with van der Waals surface area (Å²) in [5.74, 6) is 0.939. The molecule has 5 heteroatoms. The number of carbonyl (C=O) groups excluding carboxylic acids is 1. The van der Waals surface area contributed by atoms with E-state index in [1.54, 1.807) is 17.8 Å². The van der Waals surface area contributed by atoms with Gasteiger partial charge in [0, 0.05) is 29.4 Å². The van der Waals surface area contributed by atoms with Gasteiger partial charge in [0.2, 0.25) is 0 Å². The van der Waals surface area contributed by atoms with E-state index in [0.717, 1.165) is 22.9 Å². The lowest BCUT2D eigenvalue weighted by molar-refractivity contribution is 0.0977. The van der Waals surface area contributed by atoms with Gasteiger partial charge in [0.05, 0.1) is 11.4 Å². The van der Waals surface area contributed by atoms with Gasteiger partial charge in [-0.3, -0.25) is 4.79 Å². The van der Waals surface area contributed by atoms with Gasteiger partial charge in [0.1, 0.15) is 5.69 Å². The van der Waals surface area contributed by atoms with Crippen LogP contribution in [-0.2, 0) is 0 Å². The Morgan fingerprint density at radius 1 is 1.33 bits per heavy atom. The van der Waals surface area contributed by atoms with Crippen LogP contribution >= 0.6 is 11.8 Å². The van der Waals surface area contributed by atoms with E-state index in [1.165, 1.54) is 0 Å². The van der Waals surface area contributed by atoms with Gasteiger partial charge in [-0.1, -0.05) is 12.1 Å². The number of nitrogen functional groups attached to an aromatic ring is 1. The van der Waals surface area contributed by atoms with Crippen LogP contribution in [0.1, 0.15) is 30.4 Å². The molecule has 1 aromatic carbocycles. The Bertz CT molecular complexity index is 678. The topological polar surface area (TPSA) is 51.3 Å². The van der Waals surface area contributed by atoms with Crippen LogP contribution in [0.5, 0.6) is 0 Å². The monoisotopic (exact) mass is 301 g/mol. The maximum atomic E-state index is 12.9. The minimum absolute atomic E-state index is 0.0214. The number of rotatable bonds is 2. The summed E-state index contributed by atoms with van der Waals surface area (Å²) in [5.41, 5.74) is 8.17. The van der Waals surface area contributed by atoms with Crippen LogP contribution in [0.15, 0.2) is 41.4 Å². The van der Waals surface area contributed by atoms with Gasteiger partial charge in [-0.15, -0.1) is 11.8 Å². The Kier molecular flexibility index (Phi) is 3.68. The van der Waals surface area contributed by atoms with E-state index in [-0.39, 0.29) is 11.9 Å². The number of aromatic nitrogens is 1. The number of para-hydroxylation sites is 1. The standard InChI is InChI=1S/C16H19N3OS/c1-11(2)19-10-12(17)9-14(19)16(20)18-7-8-21-15-6-4-3-5-13(15)18/h3-6,9-11H,7-8,17H2,1-2H3. The van der Waals surface area contributed by atoms with Crippen molar-refractivity contribution in [1.29, 1.82) is 0 Å². The van der Waals surface area contributed by atoms with Crippen LogP contribution in [0, 0.1) is 0 Å². The molecule has 0 spiro atoms. The lowest BCUT2D eigenvalue weighted by atomic mass is 10.2. The maximum absolute atomic E-state index is 12.9. The fraction of sp³-hybridized carbons (Fsp3) is 0.312. The molecule has 0 saturated heterocycles. The molecule has 1 aliphatic heterocycles. The van der Waals surface area contributed by atoms with Gasteiger partial charge in [0.25, 0.3) is 5.91 Å². The maximum Gasteiger partial charge on any atom is 0.275 e.